The number of nitrogen functional groups attached to an aromatic ring is 2. The van der Waals surface area contributed by atoms with Crippen LogP contribution in [0.25, 0.3) is 0 Å². The lowest BCUT2D eigenvalue weighted by molar-refractivity contribution is -0.110. The third-order valence-corrected chi connectivity index (χ3v) is 2.95. The molecular formula is C14H15N3O. The van der Waals surface area contributed by atoms with Gasteiger partial charge >= 0.3 is 0 Å². The Labute approximate surface area is 106 Å². The second-order valence-electron chi connectivity index (χ2n) is 4.27. The van der Waals surface area contributed by atoms with Crippen molar-refractivity contribution in [3.05, 3.63) is 41.5 Å². The van der Waals surface area contributed by atoms with E-state index in [9.17, 15) is 4.79 Å². The predicted molar refractivity (Wildman–Crippen MR) is 75.1 cm³/mol. The first kappa shape index (κ1) is 12.1. The molecule has 1 aliphatic carbocycles. The minimum absolute atomic E-state index is 0.0356. The van der Waals surface area contributed by atoms with Crippen LogP contribution in [0.1, 0.15) is 11.1 Å². The van der Waals surface area contributed by atoms with Gasteiger partial charge < -0.3 is 11.5 Å². The third kappa shape index (κ3) is 2.18. The predicted octanol–water partition coefficient (Wildman–Crippen LogP) is 2.24. The van der Waals surface area contributed by atoms with Crippen molar-refractivity contribution in [1.82, 2.24) is 0 Å². The van der Waals surface area contributed by atoms with E-state index in [-0.39, 0.29) is 5.78 Å². The maximum absolute atomic E-state index is 11.0. The van der Waals surface area contributed by atoms with Crippen LogP contribution in [0.15, 0.2) is 35.4 Å². The molecule has 92 valence electrons. The highest BCUT2D eigenvalue weighted by molar-refractivity contribution is 6.17. The number of carbonyl (C=O) groups is 1. The molecule has 0 fully saturated rings. The first-order chi connectivity index (χ1) is 8.49. The average molecular weight is 241 g/mol. The van der Waals surface area contributed by atoms with Gasteiger partial charge in [0.2, 0.25) is 0 Å². The number of nitrogens with zero attached hydrogens (tertiary/aromatic N) is 1. The second-order valence-corrected chi connectivity index (χ2v) is 4.27. The van der Waals surface area contributed by atoms with Crippen molar-refractivity contribution in [2.75, 3.05) is 11.5 Å². The van der Waals surface area contributed by atoms with Crippen LogP contribution in [-0.4, -0.2) is 11.5 Å². The molecule has 1 aromatic carbocycles. The van der Waals surface area contributed by atoms with Gasteiger partial charge in [-0.15, -0.1) is 0 Å². The topological polar surface area (TPSA) is 81.5 Å². The number of rotatable bonds is 1. The van der Waals surface area contributed by atoms with Crippen LogP contribution in [-0.2, 0) is 4.79 Å². The standard InChI is InChI=1S/C14H15N3O/c1-8-7-12(14(16)9(2)13(8)15)17-10-3-5-11(18)6-4-10/h3-7H,15-16H2,1-2H3. The highest BCUT2D eigenvalue weighted by atomic mass is 16.1. The Balaban J connectivity index is 2.48. The van der Waals surface area contributed by atoms with Crippen LogP contribution in [0, 0.1) is 13.8 Å². The Morgan fingerprint density at radius 2 is 1.61 bits per heavy atom. The zero-order valence-corrected chi connectivity index (χ0v) is 10.4. The van der Waals surface area contributed by atoms with E-state index >= 15 is 0 Å². The van der Waals surface area contributed by atoms with Crippen LogP contribution >= 0.6 is 0 Å². The lowest BCUT2D eigenvalue weighted by atomic mass is 10.1. The molecule has 4 nitrogen and oxygen atoms in total. The normalized spacial score (nSPS) is 14.1. The number of hydrogen-bond acceptors (Lipinski definition) is 4. The Morgan fingerprint density at radius 3 is 2.22 bits per heavy atom. The van der Waals surface area contributed by atoms with E-state index in [0.717, 1.165) is 11.1 Å². The number of ketones is 1. The zero-order chi connectivity index (χ0) is 13.3. The van der Waals surface area contributed by atoms with Gasteiger partial charge in [0.25, 0.3) is 0 Å². The van der Waals surface area contributed by atoms with Crippen molar-refractivity contribution < 1.29 is 4.79 Å². The molecule has 4 heteroatoms. The van der Waals surface area contributed by atoms with E-state index in [1.54, 1.807) is 12.2 Å². The van der Waals surface area contributed by atoms with Gasteiger partial charge in [0.15, 0.2) is 5.78 Å². The van der Waals surface area contributed by atoms with Crippen molar-refractivity contribution >= 4 is 28.6 Å². The van der Waals surface area contributed by atoms with E-state index in [0.29, 0.717) is 22.8 Å². The number of benzene rings is 1. The first-order valence-electron chi connectivity index (χ1n) is 5.63. The molecule has 0 aromatic heterocycles. The molecule has 0 saturated heterocycles. The van der Waals surface area contributed by atoms with Gasteiger partial charge in [0.05, 0.1) is 17.1 Å². The summed E-state index contributed by atoms with van der Waals surface area (Å²) in [6.07, 6.45) is 6.30. The van der Waals surface area contributed by atoms with Gasteiger partial charge in [0.1, 0.15) is 0 Å². The Kier molecular flexibility index (Phi) is 3.02. The molecule has 1 aromatic rings. The highest BCUT2D eigenvalue weighted by Crippen LogP contribution is 2.32. The molecule has 0 heterocycles. The number of anilines is 2. The van der Waals surface area contributed by atoms with E-state index in [2.05, 4.69) is 4.99 Å². The van der Waals surface area contributed by atoms with Gasteiger partial charge in [0, 0.05) is 5.69 Å². The molecular weight excluding hydrogens is 226 g/mol. The molecule has 0 unspecified atom stereocenters. The zero-order valence-electron chi connectivity index (χ0n) is 10.4. The molecule has 4 N–H and O–H groups in total. The summed E-state index contributed by atoms with van der Waals surface area (Å²) in [7, 11) is 0. The maximum Gasteiger partial charge on any atom is 0.178 e. The summed E-state index contributed by atoms with van der Waals surface area (Å²) < 4.78 is 0. The summed E-state index contributed by atoms with van der Waals surface area (Å²) in [5, 5.41) is 0. The molecule has 0 bridgehead atoms. The lowest BCUT2D eigenvalue weighted by Crippen LogP contribution is -2.01. The fraction of sp³-hybridized carbons (Fsp3) is 0.143. The number of carbonyl (C=O) groups excluding carboxylic acids is 1. The highest BCUT2D eigenvalue weighted by Gasteiger charge is 2.09. The molecule has 1 aliphatic rings. The summed E-state index contributed by atoms with van der Waals surface area (Å²) in [4.78, 5) is 15.4. The van der Waals surface area contributed by atoms with Crippen molar-refractivity contribution in [1.29, 1.82) is 0 Å². The minimum atomic E-state index is -0.0356. The van der Waals surface area contributed by atoms with E-state index < -0.39 is 0 Å². The molecule has 0 amide bonds. The lowest BCUT2D eigenvalue weighted by Gasteiger charge is -2.11. The Hall–Kier alpha value is -2.36. The van der Waals surface area contributed by atoms with Crippen molar-refractivity contribution in [3.8, 4) is 0 Å². The number of allylic oxidation sites excluding steroid dienone is 4. The summed E-state index contributed by atoms with van der Waals surface area (Å²) in [6, 6.07) is 1.85. The SMILES string of the molecule is Cc1cc(N=C2C=CC(=O)C=C2)c(N)c(C)c1N. The van der Waals surface area contributed by atoms with Crippen LogP contribution < -0.4 is 11.5 Å². The van der Waals surface area contributed by atoms with Gasteiger partial charge in [-0.1, -0.05) is 0 Å². The van der Waals surface area contributed by atoms with E-state index in [4.69, 9.17) is 11.5 Å². The van der Waals surface area contributed by atoms with E-state index in [1.165, 1.54) is 12.2 Å². The van der Waals surface area contributed by atoms with Gasteiger partial charge in [-0.25, -0.2) is 4.99 Å². The minimum Gasteiger partial charge on any atom is -0.398 e. The first-order valence-corrected chi connectivity index (χ1v) is 5.63. The fourth-order valence-corrected chi connectivity index (χ4v) is 1.75. The second kappa shape index (κ2) is 4.49. The summed E-state index contributed by atoms with van der Waals surface area (Å²) >= 11 is 0. The third-order valence-electron chi connectivity index (χ3n) is 2.95. The van der Waals surface area contributed by atoms with Gasteiger partial charge in [-0.3, -0.25) is 4.79 Å². The monoisotopic (exact) mass is 241 g/mol. The Morgan fingerprint density at radius 1 is 1.00 bits per heavy atom. The summed E-state index contributed by atoms with van der Waals surface area (Å²) in [5.74, 6) is -0.0356. The molecule has 0 aliphatic heterocycles. The van der Waals surface area contributed by atoms with Crippen LogP contribution in [0.3, 0.4) is 0 Å². The number of aryl methyl sites for hydroxylation is 1. The quantitative estimate of drug-likeness (QED) is 0.584. The fourth-order valence-electron chi connectivity index (χ4n) is 1.75. The molecule has 2 rings (SSSR count). The largest absolute Gasteiger partial charge is 0.398 e. The molecule has 18 heavy (non-hydrogen) atoms. The average Bonchev–Trinajstić information content (AvgIpc) is 2.36. The van der Waals surface area contributed by atoms with Crippen LogP contribution in [0.2, 0.25) is 0 Å². The van der Waals surface area contributed by atoms with E-state index in [1.807, 2.05) is 19.9 Å². The molecule has 0 spiro atoms. The van der Waals surface area contributed by atoms with Crippen LogP contribution in [0.5, 0.6) is 0 Å². The van der Waals surface area contributed by atoms with Crippen molar-refractivity contribution in [3.63, 3.8) is 0 Å². The van der Waals surface area contributed by atoms with Gasteiger partial charge in [-0.2, -0.15) is 0 Å². The molecule has 0 saturated carbocycles. The van der Waals surface area contributed by atoms with Crippen molar-refractivity contribution in [2.24, 2.45) is 4.99 Å². The maximum atomic E-state index is 11.0. The van der Waals surface area contributed by atoms with Crippen molar-refractivity contribution in [2.45, 2.75) is 13.8 Å². The summed E-state index contributed by atoms with van der Waals surface area (Å²) in [5.41, 5.74) is 16.3. The number of nitrogens with two attached hydrogens (primary N) is 2. The number of hydrogen-bond donors (Lipinski definition) is 2. The Bertz CT molecular complexity index is 592. The smallest absolute Gasteiger partial charge is 0.178 e. The summed E-state index contributed by atoms with van der Waals surface area (Å²) in [6.45, 7) is 3.79. The van der Waals surface area contributed by atoms with Crippen LogP contribution in [0.4, 0.5) is 17.1 Å². The number of aliphatic imine (C=N–C) groups is 1. The van der Waals surface area contributed by atoms with Gasteiger partial charge in [-0.05, 0) is 55.3 Å². The molecule has 0 atom stereocenters. The molecule has 0 radical (unpaired) electrons.